The normalized spacial score (nSPS) is 22.3. The molecule has 0 aliphatic heterocycles. The second-order valence-electron chi connectivity index (χ2n) is 4.92. The van der Waals surface area contributed by atoms with Crippen molar-refractivity contribution in [2.24, 2.45) is 11.3 Å². The number of nitrogens with one attached hydrogen (secondary N) is 1. The van der Waals surface area contributed by atoms with Crippen LogP contribution in [0.1, 0.15) is 32.6 Å². The predicted octanol–water partition coefficient (Wildman–Crippen LogP) is 1.89. The Morgan fingerprint density at radius 1 is 1.50 bits per heavy atom. The minimum absolute atomic E-state index is 0.243. The van der Waals surface area contributed by atoms with Crippen LogP contribution in [-0.4, -0.2) is 25.7 Å². The Morgan fingerprint density at radius 3 is 2.81 bits per heavy atom. The summed E-state index contributed by atoms with van der Waals surface area (Å²) < 4.78 is 4.80. The molecule has 16 heavy (non-hydrogen) atoms. The molecule has 2 saturated carbocycles. The third-order valence-corrected chi connectivity index (χ3v) is 3.62. The van der Waals surface area contributed by atoms with Gasteiger partial charge in [0.05, 0.1) is 6.61 Å². The van der Waals surface area contributed by atoms with Crippen LogP contribution in [0.2, 0.25) is 0 Å². The van der Waals surface area contributed by atoms with Crippen LogP contribution in [0.4, 0.5) is 0 Å². The summed E-state index contributed by atoms with van der Waals surface area (Å²) in [5, 5.41) is 3.41. The minimum atomic E-state index is -0.243. The fourth-order valence-electron chi connectivity index (χ4n) is 2.34. The van der Waals surface area contributed by atoms with E-state index in [1.807, 2.05) is 13.0 Å². The topological polar surface area (TPSA) is 38.3 Å². The van der Waals surface area contributed by atoms with Crippen molar-refractivity contribution in [3.63, 3.8) is 0 Å². The zero-order valence-corrected chi connectivity index (χ0v) is 10.00. The van der Waals surface area contributed by atoms with E-state index in [1.54, 1.807) is 0 Å². The van der Waals surface area contributed by atoms with E-state index in [9.17, 15) is 4.79 Å². The molecular weight excluding hydrogens is 202 g/mol. The summed E-state index contributed by atoms with van der Waals surface area (Å²) in [6, 6.07) is 0. The van der Waals surface area contributed by atoms with Crippen LogP contribution in [0.25, 0.3) is 0 Å². The van der Waals surface area contributed by atoms with E-state index in [-0.39, 0.29) is 5.97 Å². The molecule has 0 bridgehead atoms. The fraction of sp³-hybridized carbons (Fsp3) is 0.769. The second-order valence-corrected chi connectivity index (χ2v) is 4.92. The van der Waals surface area contributed by atoms with E-state index >= 15 is 0 Å². The molecule has 0 heterocycles. The van der Waals surface area contributed by atoms with Crippen molar-refractivity contribution in [3.05, 3.63) is 12.2 Å². The van der Waals surface area contributed by atoms with E-state index in [1.165, 1.54) is 31.8 Å². The van der Waals surface area contributed by atoms with Crippen molar-refractivity contribution in [2.45, 2.75) is 32.6 Å². The van der Waals surface area contributed by atoms with Crippen LogP contribution in [0.5, 0.6) is 0 Å². The van der Waals surface area contributed by atoms with Gasteiger partial charge in [-0.2, -0.15) is 0 Å². The SMILES string of the molecule is CCOC(=O)/C=C/CNCC1(C2CC2)CC1. The lowest BCUT2D eigenvalue weighted by atomic mass is 10.0. The van der Waals surface area contributed by atoms with Gasteiger partial charge in [0.25, 0.3) is 0 Å². The number of hydrogen-bond acceptors (Lipinski definition) is 3. The van der Waals surface area contributed by atoms with Gasteiger partial charge in [0, 0.05) is 19.2 Å². The molecule has 0 aromatic carbocycles. The molecule has 0 atom stereocenters. The Hall–Kier alpha value is -0.830. The van der Waals surface area contributed by atoms with E-state index in [2.05, 4.69) is 5.32 Å². The van der Waals surface area contributed by atoms with Gasteiger partial charge in [-0.25, -0.2) is 4.79 Å². The van der Waals surface area contributed by atoms with Crippen molar-refractivity contribution >= 4 is 5.97 Å². The zero-order chi connectivity index (χ0) is 11.4. The summed E-state index contributed by atoms with van der Waals surface area (Å²) in [5.41, 5.74) is 0.637. The first-order valence-electron chi connectivity index (χ1n) is 6.31. The minimum Gasteiger partial charge on any atom is -0.463 e. The van der Waals surface area contributed by atoms with Crippen LogP contribution in [0.3, 0.4) is 0 Å². The van der Waals surface area contributed by atoms with Gasteiger partial charge in [-0.15, -0.1) is 0 Å². The summed E-state index contributed by atoms with van der Waals surface area (Å²) in [5.74, 6) is 0.752. The number of rotatable bonds is 7. The molecule has 1 N–H and O–H groups in total. The van der Waals surface area contributed by atoms with Crippen LogP contribution >= 0.6 is 0 Å². The molecule has 90 valence electrons. The quantitative estimate of drug-likeness (QED) is 0.407. The second kappa shape index (κ2) is 5.00. The Balaban J connectivity index is 1.56. The highest BCUT2D eigenvalue weighted by Crippen LogP contribution is 2.60. The maximum atomic E-state index is 11.0. The third kappa shape index (κ3) is 3.08. The Morgan fingerprint density at radius 2 is 2.25 bits per heavy atom. The summed E-state index contributed by atoms with van der Waals surface area (Å²) in [7, 11) is 0. The summed E-state index contributed by atoms with van der Waals surface area (Å²) in [4.78, 5) is 11.0. The van der Waals surface area contributed by atoms with Crippen molar-refractivity contribution in [3.8, 4) is 0 Å². The van der Waals surface area contributed by atoms with Crippen molar-refractivity contribution in [1.82, 2.24) is 5.32 Å². The molecule has 3 heteroatoms. The van der Waals surface area contributed by atoms with Gasteiger partial charge in [-0.1, -0.05) is 6.08 Å². The molecular formula is C13H21NO2. The smallest absolute Gasteiger partial charge is 0.330 e. The molecule has 2 rings (SSSR count). The Kier molecular flexibility index (Phi) is 3.64. The van der Waals surface area contributed by atoms with Gasteiger partial charge in [0.1, 0.15) is 0 Å². The molecule has 0 spiro atoms. The maximum absolute atomic E-state index is 11.0. The standard InChI is InChI=1S/C13H21NO2/c1-2-16-12(15)4-3-9-14-10-13(7-8-13)11-5-6-11/h3-4,11,14H,2,5-10H2,1H3/b4-3+. The van der Waals surface area contributed by atoms with E-state index in [0.29, 0.717) is 12.0 Å². The van der Waals surface area contributed by atoms with Gasteiger partial charge in [-0.3, -0.25) is 0 Å². The lowest BCUT2D eigenvalue weighted by Crippen LogP contribution is -2.25. The molecule has 2 aliphatic carbocycles. The molecule has 0 amide bonds. The van der Waals surface area contributed by atoms with Crippen molar-refractivity contribution < 1.29 is 9.53 Å². The van der Waals surface area contributed by atoms with E-state index in [0.717, 1.165) is 19.0 Å². The first-order valence-corrected chi connectivity index (χ1v) is 6.31. The third-order valence-electron chi connectivity index (χ3n) is 3.62. The van der Waals surface area contributed by atoms with E-state index in [4.69, 9.17) is 4.74 Å². The van der Waals surface area contributed by atoms with Gasteiger partial charge in [0.15, 0.2) is 0 Å². The van der Waals surface area contributed by atoms with Crippen molar-refractivity contribution in [2.75, 3.05) is 19.7 Å². The molecule has 0 saturated heterocycles. The summed E-state index contributed by atoms with van der Waals surface area (Å²) in [6.07, 6.45) is 9.01. The Labute approximate surface area is 97.2 Å². The Bertz CT molecular complexity index is 278. The maximum Gasteiger partial charge on any atom is 0.330 e. The lowest BCUT2D eigenvalue weighted by molar-refractivity contribution is -0.137. The van der Waals surface area contributed by atoms with Gasteiger partial charge in [0.2, 0.25) is 0 Å². The average Bonchev–Trinajstić information content (AvgIpc) is 3.12. The highest BCUT2D eigenvalue weighted by Gasteiger charge is 2.52. The van der Waals surface area contributed by atoms with Gasteiger partial charge in [-0.05, 0) is 43.9 Å². The predicted molar refractivity (Wildman–Crippen MR) is 63.0 cm³/mol. The highest BCUT2D eigenvalue weighted by atomic mass is 16.5. The average molecular weight is 223 g/mol. The fourth-order valence-corrected chi connectivity index (χ4v) is 2.34. The molecule has 3 nitrogen and oxygen atoms in total. The van der Waals surface area contributed by atoms with Crippen LogP contribution in [0, 0.1) is 11.3 Å². The van der Waals surface area contributed by atoms with Crippen LogP contribution in [-0.2, 0) is 9.53 Å². The van der Waals surface area contributed by atoms with Crippen LogP contribution < -0.4 is 5.32 Å². The van der Waals surface area contributed by atoms with E-state index < -0.39 is 0 Å². The number of hydrogen-bond donors (Lipinski definition) is 1. The monoisotopic (exact) mass is 223 g/mol. The number of carbonyl (C=O) groups is 1. The molecule has 0 aromatic heterocycles. The van der Waals surface area contributed by atoms with Gasteiger partial charge >= 0.3 is 5.97 Å². The molecule has 2 aliphatic rings. The first kappa shape index (κ1) is 11.6. The lowest BCUT2D eigenvalue weighted by Gasteiger charge is -2.13. The summed E-state index contributed by atoms with van der Waals surface area (Å²) in [6.45, 7) is 4.15. The number of esters is 1. The summed E-state index contributed by atoms with van der Waals surface area (Å²) >= 11 is 0. The molecule has 0 unspecified atom stereocenters. The number of carbonyl (C=O) groups excluding carboxylic acids is 1. The molecule has 0 aromatic rings. The largest absolute Gasteiger partial charge is 0.463 e. The molecule has 2 fully saturated rings. The first-order chi connectivity index (χ1) is 7.77. The van der Waals surface area contributed by atoms with Crippen LogP contribution in [0.15, 0.2) is 12.2 Å². The zero-order valence-electron chi connectivity index (χ0n) is 10.00. The number of ether oxygens (including phenoxy) is 1. The highest BCUT2D eigenvalue weighted by molar-refractivity contribution is 5.81. The van der Waals surface area contributed by atoms with Crippen molar-refractivity contribution in [1.29, 1.82) is 0 Å². The molecule has 0 radical (unpaired) electrons. The van der Waals surface area contributed by atoms with Gasteiger partial charge < -0.3 is 10.1 Å².